The van der Waals surface area contributed by atoms with E-state index >= 15 is 0 Å². The fraction of sp³-hybridized carbons (Fsp3) is 0.429. The number of nitriles is 1. The van der Waals surface area contributed by atoms with Gasteiger partial charge in [0.2, 0.25) is 0 Å². The summed E-state index contributed by atoms with van der Waals surface area (Å²) >= 11 is 6.88. The Hall–Kier alpha value is -4.13. The molecule has 0 radical (unpaired) electrons. The van der Waals surface area contributed by atoms with Gasteiger partial charge in [0.1, 0.15) is 36.5 Å². The highest BCUT2D eigenvalue weighted by atomic mass is 35.5. The molecule has 1 atom stereocenters. The molecule has 3 heterocycles. The van der Waals surface area contributed by atoms with Crippen molar-refractivity contribution in [3.05, 3.63) is 105 Å². The molecule has 1 unspecified atom stereocenters. The lowest BCUT2D eigenvalue weighted by Gasteiger charge is -2.27. The summed E-state index contributed by atoms with van der Waals surface area (Å²) < 4.78 is 24.6. The Balaban J connectivity index is 1.14. The van der Waals surface area contributed by atoms with Crippen molar-refractivity contribution in [3.63, 3.8) is 0 Å². The second-order valence-electron chi connectivity index (χ2n) is 13.7. The topological polar surface area (TPSA) is 80.1 Å². The Bertz CT molecular complexity index is 1820. The van der Waals surface area contributed by atoms with E-state index in [1.165, 1.54) is 19.3 Å². The number of nitrogens with zero attached hydrogens (tertiary/aromatic N) is 4. The first-order chi connectivity index (χ1) is 24.9. The van der Waals surface area contributed by atoms with E-state index in [2.05, 4.69) is 71.1 Å². The SMILES string of the molecule is COC1CCN(CCCOc2cccc(-c3cccc(COc4cc(OCc5cncc(C#N)c5)c(CN5CCCCC5)cc4Cl)c3C)c2C)C1. The first-order valence-electron chi connectivity index (χ1n) is 18.1. The molecule has 51 heavy (non-hydrogen) atoms. The molecule has 0 aliphatic carbocycles. The normalized spacial score (nSPS) is 16.6. The quantitative estimate of drug-likeness (QED) is 0.114. The molecule has 0 spiro atoms. The van der Waals surface area contributed by atoms with Crippen LogP contribution in [0.15, 0.2) is 67.0 Å². The summed E-state index contributed by atoms with van der Waals surface area (Å²) in [5.74, 6) is 2.21. The molecule has 0 N–H and O–H groups in total. The number of benzene rings is 3. The van der Waals surface area contributed by atoms with E-state index < -0.39 is 0 Å². The van der Waals surface area contributed by atoms with Gasteiger partial charge < -0.3 is 23.8 Å². The van der Waals surface area contributed by atoms with Crippen molar-refractivity contribution in [2.75, 3.05) is 46.4 Å². The van der Waals surface area contributed by atoms with Gasteiger partial charge in [0.25, 0.3) is 0 Å². The summed E-state index contributed by atoms with van der Waals surface area (Å²) in [6.07, 6.45) is 9.38. The van der Waals surface area contributed by atoms with Crippen LogP contribution in [0.25, 0.3) is 11.1 Å². The number of rotatable bonds is 15. The summed E-state index contributed by atoms with van der Waals surface area (Å²) in [5.41, 5.74) is 8.02. The van der Waals surface area contributed by atoms with E-state index in [9.17, 15) is 5.26 Å². The van der Waals surface area contributed by atoms with Crippen LogP contribution in [0.5, 0.6) is 17.2 Å². The van der Waals surface area contributed by atoms with Gasteiger partial charge in [-0.25, -0.2) is 0 Å². The molecular weight excluding hydrogens is 660 g/mol. The molecule has 0 bridgehead atoms. The van der Waals surface area contributed by atoms with E-state index in [0.717, 1.165) is 103 Å². The van der Waals surface area contributed by atoms with Crippen molar-refractivity contribution in [1.82, 2.24) is 14.8 Å². The van der Waals surface area contributed by atoms with Crippen LogP contribution in [0.1, 0.15) is 65.5 Å². The molecule has 9 heteroatoms. The van der Waals surface area contributed by atoms with Gasteiger partial charge in [-0.3, -0.25) is 9.88 Å². The zero-order valence-corrected chi connectivity index (χ0v) is 30.9. The minimum Gasteiger partial charge on any atom is -0.493 e. The maximum Gasteiger partial charge on any atom is 0.142 e. The fourth-order valence-electron chi connectivity index (χ4n) is 7.10. The van der Waals surface area contributed by atoms with Crippen LogP contribution in [0.4, 0.5) is 0 Å². The summed E-state index contributed by atoms with van der Waals surface area (Å²) in [5, 5.41) is 9.88. The van der Waals surface area contributed by atoms with Crippen molar-refractivity contribution in [2.45, 2.75) is 71.8 Å². The van der Waals surface area contributed by atoms with Gasteiger partial charge in [-0.1, -0.05) is 48.4 Å². The van der Waals surface area contributed by atoms with Crippen molar-refractivity contribution < 1.29 is 18.9 Å². The van der Waals surface area contributed by atoms with Crippen molar-refractivity contribution in [1.29, 1.82) is 5.26 Å². The zero-order chi connectivity index (χ0) is 35.6. The Kier molecular flexibility index (Phi) is 12.8. The van der Waals surface area contributed by atoms with E-state index in [-0.39, 0.29) is 6.61 Å². The van der Waals surface area contributed by atoms with Gasteiger partial charge in [0, 0.05) is 62.9 Å². The Morgan fingerprint density at radius 2 is 1.61 bits per heavy atom. The molecule has 8 nitrogen and oxygen atoms in total. The highest BCUT2D eigenvalue weighted by Crippen LogP contribution is 2.37. The largest absolute Gasteiger partial charge is 0.493 e. The van der Waals surface area contributed by atoms with Crippen molar-refractivity contribution in [3.8, 4) is 34.4 Å². The van der Waals surface area contributed by atoms with Gasteiger partial charge in [-0.05, 0) is 98.6 Å². The summed E-state index contributed by atoms with van der Waals surface area (Å²) in [7, 11) is 1.80. The van der Waals surface area contributed by atoms with Crippen LogP contribution in [-0.4, -0.2) is 67.3 Å². The maximum atomic E-state index is 9.33. The second-order valence-corrected chi connectivity index (χ2v) is 14.1. The van der Waals surface area contributed by atoms with E-state index in [0.29, 0.717) is 35.7 Å². The van der Waals surface area contributed by atoms with Gasteiger partial charge in [-0.2, -0.15) is 5.26 Å². The Morgan fingerprint density at radius 3 is 2.39 bits per heavy atom. The predicted molar refractivity (Wildman–Crippen MR) is 202 cm³/mol. The van der Waals surface area contributed by atoms with Crippen LogP contribution < -0.4 is 14.2 Å². The van der Waals surface area contributed by atoms with E-state index in [4.69, 9.17) is 30.5 Å². The number of hydrogen-bond acceptors (Lipinski definition) is 8. The third-order valence-electron chi connectivity index (χ3n) is 10.1. The highest BCUT2D eigenvalue weighted by Gasteiger charge is 2.22. The monoisotopic (exact) mass is 708 g/mol. The molecule has 2 aliphatic heterocycles. The molecule has 6 rings (SSSR count). The second kappa shape index (κ2) is 17.9. The Labute approximate surface area is 307 Å². The van der Waals surface area contributed by atoms with Crippen LogP contribution in [0.3, 0.4) is 0 Å². The standard InChI is InChI=1S/C42H49ClN4O4/c1-30-34(10-7-11-37(30)38-12-8-13-40(31(38)2)49-19-9-17-47-18-14-36(27-47)48-3)29-51-42-22-41(50-28-33-20-32(23-44)24-45-25-33)35(21-39(42)43)26-46-15-5-4-6-16-46/h7-8,10-13,20-22,24-25,36H,4-6,9,14-19,26-29H2,1-3H3. The van der Waals surface area contributed by atoms with Crippen molar-refractivity contribution >= 4 is 11.6 Å². The number of ether oxygens (including phenoxy) is 4. The summed E-state index contributed by atoms with van der Waals surface area (Å²) in [6, 6.07) is 20.5. The predicted octanol–water partition coefficient (Wildman–Crippen LogP) is 8.52. The van der Waals surface area contributed by atoms with Crippen LogP contribution in [0.2, 0.25) is 5.02 Å². The smallest absolute Gasteiger partial charge is 0.142 e. The molecule has 0 saturated carbocycles. The zero-order valence-electron chi connectivity index (χ0n) is 30.1. The molecule has 4 aromatic rings. The number of methoxy groups -OCH3 is 1. The highest BCUT2D eigenvalue weighted by molar-refractivity contribution is 6.32. The lowest BCUT2D eigenvalue weighted by atomic mass is 9.93. The molecular formula is C42H49ClN4O4. The molecule has 268 valence electrons. The molecule has 2 fully saturated rings. The molecule has 0 amide bonds. The Morgan fingerprint density at radius 1 is 0.824 bits per heavy atom. The lowest BCUT2D eigenvalue weighted by Crippen LogP contribution is -2.29. The van der Waals surface area contributed by atoms with Crippen LogP contribution in [-0.2, 0) is 24.5 Å². The molecule has 3 aromatic carbocycles. The van der Waals surface area contributed by atoms with Crippen molar-refractivity contribution in [2.24, 2.45) is 0 Å². The van der Waals surface area contributed by atoms with E-state index in [1.54, 1.807) is 25.6 Å². The number of aromatic nitrogens is 1. The third kappa shape index (κ3) is 9.61. The first-order valence-corrected chi connectivity index (χ1v) is 18.5. The molecule has 1 aromatic heterocycles. The maximum absolute atomic E-state index is 9.33. The number of likely N-dealkylation sites (tertiary alicyclic amines) is 2. The van der Waals surface area contributed by atoms with E-state index in [1.807, 2.05) is 12.1 Å². The van der Waals surface area contributed by atoms with Gasteiger partial charge >= 0.3 is 0 Å². The van der Waals surface area contributed by atoms with Crippen LogP contribution >= 0.6 is 11.6 Å². The first kappa shape index (κ1) is 36.7. The van der Waals surface area contributed by atoms with Gasteiger partial charge in [0.15, 0.2) is 0 Å². The average Bonchev–Trinajstić information content (AvgIpc) is 3.62. The fourth-order valence-corrected chi connectivity index (χ4v) is 7.35. The number of pyridine rings is 1. The van der Waals surface area contributed by atoms with Gasteiger partial charge in [-0.15, -0.1) is 0 Å². The number of hydrogen-bond donors (Lipinski definition) is 0. The number of halogens is 1. The average molecular weight is 709 g/mol. The minimum atomic E-state index is 0.285. The molecule has 2 aliphatic rings. The summed E-state index contributed by atoms with van der Waals surface area (Å²) in [4.78, 5) is 9.10. The van der Waals surface area contributed by atoms with Crippen LogP contribution in [0, 0.1) is 25.2 Å². The summed E-state index contributed by atoms with van der Waals surface area (Å²) in [6.45, 7) is 11.6. The van der Waals surface area contributed by atoms with Gasteiger partial charge in [0.05, 0.1) is 23.3 Å². The molecule has 2 saturated heterocycles. The third-order valence-corrected chi connectivity index (χ3v) is 10.4. The lowest BCUT2D eigenvalue weighted by molar-refractivity contribution is 0.107. The minimum absolute atomic E-state index is 0.285. The number of piperidine rings is 1.